The molecule has 0 aliphatic carbocycles. The van der Waals surface area contributed by atoms with Crippen LogP contribution in [0.3, 0.4) is 0 Å². The Hall–Kier alpha value is 1.37. The van der Waals surface area contributed by atoms with E-state index in [9.17, 15) is 0 Å². The summed E-state index contributed by atoms with van der Waals surface area (Å²) in [5.41, 5.74) is 0. The Bertz CT molecular complexity index is 92.3. The zero-order chi connectivity index (χ0) is 6.24. The minimum absolute atomic E-state index is 0.958. The lowest BCUT2D eigenvalue weighted by molar-refractivity contribution is 1.88. The van der Waals surface area contributed by atoms with Crippen molar-refractivity contribution in [3.63, 3.8) is 0 Å². The van der Waals surface area contributed by atoms with E-state index in [0.29, 0.717) is 0 Å². The third-order valence-electron chi connectivity index (χ3n) is 0.443. The molecule has 0 aromatic rings. The first kappa shape index (κ1) is 9.37. The van der Waals surface area contributed by atoms with Gasteiger partial charge in [-0.1, -0.05) is 57.0 Å². The van der Waals surface area contributed by atoms with Gasteiger partial charge in [0.1, 0.15) is 0 Å². The molecular weight excluding hydrogens is 346 g/mol. The number of alkyl halides is 2. The first-order valence-electron chi connectivity index (χ1n) is 2.07. The highest BCUT2D eigenvalue weighted by Gasteiger charge is 1.74. The zero-order valence-electron chi connectivity index (χ0n) is 4.29. The summed E-state index contributed by atoms with van der Waals surface area (Å²) in [6, 6.07) is 0. The van der Waals surface area contributed by atoms with Crippen molar-refractivity contribution in [2.24, 2.45) is 0 Å². The smallest absolute Gasteiger partial charge is 0.0609 e. The van der Waals surface area contributed by atoms with Gasteiger partial charge in [0, 0.05) is 3.76 Å². The van der Waals surface area contributed by atoms with E-state index in [4.69, 9.17) is 0 Å². The molecule has 0 amide bonds. The Morgan fingerprint density at radius 2 is 2.00 bits per heavy atom. The summed E-state index contributed by atoms with van der Waals surface area (Å²) in [7, 11) is 0. The highest BCUT2D eigenvalue weighted by atomic mass is 127. The molecule has 0 radical (unpaired) electrons. The van der Waals surface area contributed by atoms with Gasteiger partial charge in [0.2, 0.25) is 0 Å². The van der Waals surface area contributed by atoms with E-state index in [1.807, 2.05) is 11.8 Å². The van der Waals surface area contributed by atoms with Gasteiger partial charge in [-0.2, -0.15) is 0 Å². The number of thioether (sulfide) groups is 1. The molecule has 3 heteroatoms. The van der Waals surface area contributed by atoms with Crippen molar-refractivity contribution in [1.29, 1.82) is 0 Å². The van der Waals surface area contributed by atoms with E-state index in [2.05, 4.69) is 57.0 Å². The summed E-state index contributed by atoms with van der Waals surface area (Å²) in [6.45, 7) is 0. The molecule has 0 bridgehead atoms. The predicted octanol–water partition coefficient (Wildman–Crippen LogP) is 2.55. The van der Waals surface area contributed by atoms with Gasteiger partial charge in [-0.3, -0.25) is 0 Å². The second-order valence-electron chi connectivity index (χ2n) is 0.945. The van der Waals surface area contributed by atoms with Gasteiger partial charge in [-0.25, -0.2) is 0 Å². The number of hydrogen-bond acceptors (Lipinski definition) is 1. The molecule has 0 unspecified atom stereocenters. The maximum absolute atomic E-state index is 3.04. The Balaban J connectivity index is 2.90. The van der Waals surface area contributed by atoms with Crippen molar-refractivity contribution in [2.75, 3.05) is 13.9 Å². The summed E-state index contributed by atoms with van der Waals surface area (Å²) in [5, 5.41) is 0. The Kier molecular flexibility index (Phi) is 9.80. The third-order valence-corrected chi connectivity index (χ3v) is 2.65. The van der Waals surface area contributed by atoms with Crippen LogP contribution in [0.15, 0.2) is 0 Å². The fourth-order valence-electron chi connectivity index (χ4n) is 0.188. The maximum Gasteiger partial charge on any atom is 0.0609 e. The molecule has 0 aromatic carbocycles. The lowest BCUT2D eigenvalue weighted by atomic mass is 10.7. The van der Waals surface area contributed by atoms with Gasteiger partial charge in [-0.15, -0.1) is 11.8 Å². The van der Waals surface area contributed by atoms with Crippen LogP contribution in [0, 0.1) is 11.8 Å². The fourth-order valence-corrected chi connectivity index (χ4v) is 1.40. The second-order valence-corrected chi connectivity index (χ2v) is 4.49. The average Bonchev–Trinajstić information content (AvgIpc) is 1.81. The van der Waals surface area contributed by atoms with Gasteiger partial charge in [-0.05, 0) is 0 Å². The molecule has 0 saturated heterocycles. The van der Waals surface area contributed by atoms with E-state index >= 15 is 0 Å². The largest absolute Gasteiger partial charge is 0.138 e. The molecule has 0 nitrogen and oxygen atoms in total. The minimum Gasteiger partial charge on any atom is -0.138 e. The highest BCUT2D eigenvalue weighted by Crippen LogP contribution is 2.01. The van der Waals surface area contributed by atoms with Crippen molar-refractivity contribution in [2.45, 2.75) is 0 Å². The molecule has 0 aliphatic heterocycles. The van der Waals surface area contributed by atoms with Gasteiger partial charge >= 0.3 is 0 Å². The monoisotopic (exact) mass is 352 g/mol. The van der Waals surface area contributed by atoms with Crippen molar-refractivity contribution in [3.8, 4) is 11.8 Å². The van der Waals surface area contributed by atoms with Crippen LogP contribution in [0.5, 0.6) is 0 Å². The zero-order valence-corrected chi connectivity index (χ0v) is 9.42. The minimum atomic E-state index is 0.958. The van der Waals surface area contributed by atoms with Crippen LogP contribution in [-0.4, -0.2) is 13.9 Å². The van der Waals surface area contributed by atoms with E-state index in [-0.39, 0.29) is 0 Å². The molecule has 0 rings (SSSR count). The quantitative estimate of drug-likeness (QED) is 0.319. The molecule has 0 heterocycles. The van der Waals surface area contributed by atoms with E-state index in [1.54, 1.807) is 0 Å². The predicted molar refractivity (Wildman–Crippen MR) is 58.0 cm³/mol. The van der Waals surface area contributed by atoms with Crippen molar-refractivity contribution in [3.05, 3.63) is 0 Å². The number of rotatable bonds is 2. The molecule has 0 aliphatic rings. The van der Waals surface area contributed by atoms with E-state index in [0.717, 1.165) is 13.9 Å². The summed E-state index contributed by atoms with van der Waals surface area (Å²) in [5.74, 6) is 7.02. The van der Waals surface area contributed by atoms with Gasteiger partial charge in [0.05, 0.1) is 10.2 Å². The first-order chi connectivity index (χ1) is 3.91. The molecule has 46 valence electrons. The first-order valence-corrected chi connectivity index (χ1v) is 6.27. The molecular formula is C5H6I2S. The Labute approximate surface area is 81.8 Å². The Morgan fingerprint density at radius 1 is 1.25 bits per heavy atom. The van der Waals surface area contributed by atoms with Crippen LogP contribution in [0.25, 0.3) is 0 Å². The van der Waals surface area contributed by atoms with Crippen LogP contribution in [0.4, 0.5) is 0 Å². The SMILES string of the molecule is ICC#CCSCI. The summed E-state index contributed by atoms with van der Waals surface area (Å²) in [6.07, 6.45) is 0. The normalized spacial score (nSPS) is 7.75. The molecule has 0 N–H and O–H groups in total. The third kappa shape index (κ3) is 7.37. The van der Waals surface area contributed by atoms with Gasteiger partial charge < -0.3 is 0 Å². The molecule has 0 spiro atoms. The van der Waals surface area contributed by atoms with Crippen LogP contribution in [0.1, 0.15) is 0 Å². The second kappa shape index (κ2) is 8.37. The standard InChI is InChI=1S/C5H6I2S/c6-3-1-2-4-8-5-7/h3-5H2. The topological polar surface area (TPSA) is 0 Å². The van der Waals surface area contributed by atoms with Crippen LogP contribution < -0.4 is 0 Å². The molecule has 0 saturated carbocycles. The number of hydrogen-bond donors (Lipinski definition) is 0. The average molecular weight is 352 g/mol. The molecule has 0 fully saturated rings. The van der Waals surface area contributed by atoms with E-state index < -0.39 is 0 Å². The lowest BCUT2D eigenvalue weighted by Gasteiger charge is -1.81. The van der Waals surface area contributed by atoms with E-state index in [1.165, 1.54) is 0 Å². The summed E-state index contributed by atoms with van der Waals surface area (Å²) >= 11 is 6.44. The highest BCUT2D eigenvalue weighted by molar-refractivity contribution is 14.1. The van der Waals surface area contributed by atoms with Crippen LogP contribution >= 0.6 is 56.9 Å². The number of halogens is 2. The van der Waals surface area contributed by atoms with Crippen molar-refractivity contribution < 1.29 is 0 Å². The van der Waals surface area contributed by atoms with Gasteiger partial charge in [0.25, 0.3) is 0 Å². The van der Waals surface area contributed by atoms with Crippen LogP contribution in [-0.2, 0) is 0 Å². The van der Waals surface area contributed by atoms with Crippen molar-refractivity contribution in [1.82, 2.24) is 0 Å². The molecule has 0 aromatic heterocycles. The van der Waals surface area contributed by atoms with Gasteiger partial charge in [0.15, 0.2) is 0 Å². The fraction of sp³-hybridized carbons (Fsp3) is 0.600. The van der Waals surface area contributed by atoms with Crippen molar-refractivity contribution >= 4 is 56.9 Å². The maximum atomic E-state index is 3.04. The summed E-state index contributed by atoms with van der Waals surface area (Å²) in [4.78, 5) is 0. The lowest BCUT2D eigenvalue weighted by Crippen LogP contribution is -1.69. The van der Waals surface area contributed by atoms with Crippen LogP contribution in [0.2, 0.25) is 0 Å². The molecule has 8 heavy (non-hydrogen) atoms. The summed E-state index contributed by atoms with van der Waals surface area (Å²) < 4.78 is 2.10. The molecule has 0 atom stereocenters. The Morgan fingerprint density at radius 3 is 2.50 bits per heavy atom.